The van der Waals surface area contributed by atoms with Crippen LogP contribution >= 0.6 is 0 Å². The van der Waals surface area contributed by atoms with E-state index in [1.807, 2.05) is 0 Å². The van der Waals surface area contributed by atoms with Gasteiger partial charge in [-0.2, -0.15) is 0 Å². The van der Waals surface area contributed by atoms with Gasteiger partial charge in [0.2, 0.25) is 0 Å². The minimum absolute atomic E-state index is 0.0930. The van der Waals surface area contributed by atoms with Crippen LogP contribution in [0.5, 0.6) is 5.75 Å². The number of carbonyl (C=O) groups is 6. The van der Waals surface area contributed by atoms with Crippen LogP contribution in [-0.4, -0.2) is 146 Å². The summed E-state index contributed by atoms with van der Waals surface area (Å²) >= 11 is 0. The Balaban J connectivity index is 3.16. The maximum absolute atomic E-state index is 12.3. The number of nitrogens with zero attached hydrogens (tertiary/aromatic N) is 3. The molecule has 39 heavy (non-hydrogen) atoms. The first kappa shape index (κ1) is 32.7. The minimum Gasteiger partial charge on any atom is -0.482 e. The Morgan fingerprint density at radius 2 is 1.03 bits per heavy atom. The normalized spacial score (nSPS) is 11.9. The summed E-state index contributed by atoms with van der Waals surface area (Å²) in [6, 6.07) is 4.69. The van der Waals surface area contributed by atoms with E-state index in [1.165, 1.54) is 29.2 Å². The number of hydrogen-bond donors (Lipinski definition) is 6. The standard InChI is InChI=1S/C23H31N3O13/c27-18(28)10-24(11-19(29)30)5-7-26(8-6-25(12-20(31)32)13-21(33)34)17(23(37)38)9-15-1-3-16(4-2-15)39-14-22(35)36/h1-4,17H,5-14H2,(H,27,28)(H,29,30)(H,31,32)(H,33,34)(H,35,36)(H,37,38)/t17-/m0/s1. The molecule has 16 heteroatoms. The average Bonchev–Trinajstić information content (AvgIpc) is 2.80. The van der Waals surface area contributed by atoms with Crippen LogP contribution < -0.4 is 4.74 Å². The third-order valence-corrected chi connectivity index (χ3v) is 5.28. The summed E-state index contributed by atoms with van der Waals surface area (Å²) in [6.07, 6.45) is -0.0930. The van der Waals surface area contributed by atoms with Crippen molar-refractivity contribution in [2.45, 2.75) is 12.5 Å². The van der Waals surface area contributed by atoms with Crippen LogP contribution in [0.1, 0.15) is 5.56 Å². The molecule has 0 bridgehead atoms. The first-order valence-electron chi connectivity index (χ1n) is 11.5. The molecule has 0 aliphatic carbocycles. The molecule has 16 nitrogen and oxygen atoms in total. The molecule has 6 N–H and O–H groups in total. The summed E-state index contributed by atoms with van der Waals surface area (Å²) < 4.78 is 5.05. The van der Waals surface area contributed by atoms with Gasteiger partial charge in [0, 0.05) is 26.2 Å². The van der Waals surface area contributed by atoms with Crippen molar-refractivity contribution in [3.63, 3.8) is 0 Å². The lowest BCUT2D eigenvalue weighted by Crippen LogP contribution is -2.50. The molecule has 1 atom stereocenters. The Morgan fingerprint density at radius 1 is 0.615 bits per heavy atom. The summed E-state index contributed by atoms with van der Waals surface area (Å²) in [5.74, 6) is -7.41. The number of carboxylic acids is 6. The molecule has 0 amide bonds. The molecule has 0 unspecified atom stereocenters. The van der Waals surface area contributed by atoms with Gasteiger partial charge < -0.3 is 35.4 Å². The minimum atomic E-state index is -1.29. The zero-order valence-corrected chi connectivity index (χ0v) is 20.8. The smallest absolute Gasteiger partial charge is 0.341 e. The molecule has 0 saturated heterocycles. The van der Waals surface area contributed by atoms with Crippen molar-refractivity contribution < 1.29 is 64.1 Å². The Kier molecular flexibility index (Phi) is 13.9. The number of ether oxygens (including phenoxy) is 1. The van der Waals surface area contributed by atoms with Gasteiger partial charge in [0.1, 0.15) is 11.8 Å². The molecule has 0 aliphatic rings. The number of rotatable bonds is 21. The molecule has 0 aliphatic heterocycles. The van der Waals surface area contributed by atoms with Crippen molar-refractivity contribution in [1.29, 1.82) is 0 Å². The van der Waals surface area contributed by atoms with E-state index in [2.05, 4.69) is 0 Å². The van der Waals surface area contributed by atoms with E-state index in [4.69, 9.17) is 30.3 Å². The van der Waals surface area contributed by atoms with E-state index < -0.39 is 74.6 Å². The number of hydrogen-bond acceptors (Lipinski definition) is 10. The van der Waals surface area contributed by atoms with E-state index in [9.17, 15) is 33.9 Å². The van der Waals surface area contributed by atoms with Gasteiger partial charge >= 0.3 is 35.8 Å². The first-order chi connectivity index (χ1) is 18.3. The highest BCUT2D eigenvalue weighted by Gasteiger charge is 2.28. The zero-order chi connectivity index (χ0) is 29.5. The van der Waals surface area contributed by atoms with Gasteiger partial charge in [0.05, 0.1) is 26.2 Å². The summed E-state index contributed by atoms with van der Waals surface area (Å²) in [5, 5.41) is 55.0. The molecule has 0 aromatic heterocycles. The Labute approximate surface area is 222 Å². The largest absolute Gasteiger partial charge is 0.482 e. The molecular weight excluding hydrogens is 526 g/mol. The summed E-state index contributed by atoms with van der Waals surface area (Å²) in [4.78, 5) is 71.0. The monoisotopic (exact) mass is 557 g/mol. The van der Waals surface area contributed by atoms with Gasteiger partial charge in [-0.3, -0.25) is 38.7 Å². The van der Waals surface area contributed by atoms with Crippen molar-refractivity contribution in [1.82, 2.24) is 14.7 Å². The topological polar surface area (TPSA) is 243 Å². The van der Waals surface area contributed by atoms with E-state index in [0.717, 1.165) is 9.80 Å². The fraction of sp³-hybridized carbons (Fsp3) is 0.478. The molecule has 1 rings (SSSR count). The van der Waals surface area contributed by atoms with Crippen molar-refractivity contribution in [2.75, 3.05) is 59.0 Å². The molecule has 0 heterocycles. The molecule has 216 valence electrons. The summed E-state index contributed by atoms with van der Waals surface area (Å²) in [6.45, 7) is -3.67. The second kappa shape index (κ2) is 16.5. The third-order valence-electron chi connectivity index (χ3n) is 5.28. The predicted molar refractivity (Wildman–Crippen MR) is 130 cm³/mol. The highest BCUT2D eigenvalue weighted by molar-refractivity contribution is 5.74. The second-order valence-electron chi connectivity index (χ2n) is 8.42. The predicted octanol–water partition coefficient (Wildman–Crippen LogP) is -1.61. The molecule has 0 spiro atoms. The molecule has 1 aromatic rings. The molecule has 1 aromatic carbocycles. The lowest BCUT2D eigenvalue weighted by Gasteiger charge is -2.32. The average molecular weight is 558 g/mol. The summed E-state index contributed by atoms with van der Waals surface area (Å²) in [7, 11) is 0. The van der Waals surface area contributed by atoms with Crippen LogP contribution in [0.3, 0.4) is 0 Å². The van der Waals surface area contributed by atoms with Gasteiger partial charge in [-0.05, 0) is 24.1 Å². The van der Waals surface area contributed by atoms with Gasteiger partial charge in [0.25, 0.3) is 0 Å². The van der Waals surface area contributed by atoms with Crippen molar-refractivity contribution in [3.05, 3.63) is 29.8 Å². The van der Waals surface area contributed by atoms with E-state index in [-0.39, 0.29) is 38.3 Å². The van der Waals surface area contributed by atoms with Crippen LogP contribution in [0.4, 0.5) is 0 Å². The first-order valence-corrected chi connectivity index (χ1v) is 11.5. The number of aliphatic carboxylic acids is 6. The third kappa shape index (κ3) is 14.3. The van der Waals surface area contributed by atoms with Crippen LogP contribution in [0.2, 0.25) is 0 Å². The Bertz CT molecular complexity index is 943. The van der Waals surface area contributed by atoms with Crippen LogP contribution in [0, 0.1) is 0 Å². The van der Waals surface area contributed by atoms with Crippen molar-refractivity contribution in [2.24, 2.45) is 0 Å². The fourth-order valence-corrected chi connectivity index (χ4v) is 3.62. The van der Waals surface area contributed by atoms with Crippen LogP contribution in [-0.2, 0) is 35.2 Å². The molecule has 0 radical (unpaired) electrons. The molecule has 0 fully saturated rings. The Hall–Kier alpha value is -4.28. The SMILES string of the molecule is O=C(O)COc1ccc(C[C@@H](C(=O)O)N(CCN(CC(=O)O)CC(=O)O)CCN(CC(=O)O)CC(=O)O)cc1. The van der Waals surface area contributed by atoms with Crippen LogP contribution in [0.25, 0.3) is 0 Å². The zero-order valence-electron chi connectivity index (χ0n) is 20.8. The number of carboxylic acid groups (broad SMARTS) is 6. The van der Waals surface area contributed by atoms with Gasteiger partial charge in [-0.15, -0.1) is 0 Å². The van der Waals surface area contributed by atoms with Crippen molar-refractivity contribution >= 4 is 35.8 Å². The lowest BCUT2D eigenvalue weighted by molar-refractivity contribution is -0.146. The van der Waals surface area contributed by atoms with E-state index in [1.54, 1.807) is 0 Å². The van der Waals surface area contributed by atoms with E-state index >= 15 is 0 Å². The highest BCUT2D eigenvalue weighted by Crippen LogP contribution is 2.16. The maximum atomic E-state index is 12.3. The summed E-state index contributed by atoms with van der Waals surface area (Å²) in [5.41, 5.74) is 0.510. The van der Waals surface area contributed by atoms with Gasteiger partial charge in [-0.25, -0.2) is 4.79 Å². The second-order valence-corrected chi connectivity index (χ2v) is 8.42. The van der Waals surface area contributed by atoms with Gasteiger partial charge in [0.15, 0.2) is 6.61 Å². The maximum Gasteiger partial charge on any atom is 0.341 e. The fourth-order valence-electron chi connectivity index (χ4n) is 3.62. The van der Waals surface area contributed by atoms with Gasteiger partial charge in [-0.1, -0.05) is 12.1 Å². The molecule has 0 saturated carbocycles. The molecular formula is C23H31N3O13. The lowest BCUT2D eigenvalue weighted by atomic mass is 10.0. The quantitative estimate of drug-likeness (QED) is 0.0995. The number of benzene rings is 1. The van der Waals surface area contributed by atoms with E-state index in [0.29, 0.717) is 5.56 Å². The Morgan fingerprint density at radius 3 is 1.36 bits per heavy atom. The van der Waals surface area contributed by atoms with Crippen molar-refractivity contribution in [3.8, 4) is 5.75 Å². The van der Waals surface area contributed by atoms with Crippen LogP contribution in [0.15, 0.2) is 24.3 Å². The highest BCUT2D eigenvalue weighted by atomic mass is 16.5.